The van der Waals surface area contributed by atoms with Gasteiger partial charge in [-0.1, -0.05) is 121 Å². The third kappa shape index (κ3) is 9.81. The van der Waals surface area contributed by atoms with Crippen LogP contribution in [0.3, 0.4) is 0 Å². The van der Waals surface area contributed by atoms with Crippen LogP contribution in [0.1, 0.15) is 49.3 Å². The fourth-order valence-electron chi connectivity index (χ4n) is 4.73. The topological polar surface area (TPSA) is 29.3 Å². The molecule has 2 unspecified atom stereocenters. The molecule has 0 aliphatic heterocycles. The summed E-state index contributed by atoms with van der Waals surface area (Å²) < 4.78 is 0. The molecule has 0 amide bonds. The summed E-state index contributed by atoms with van der Waals surface area (Å²) in [5.74, 6) is 0. The predicted octanol–water partition coefficient (Wildman–Crippen LogP) is 7.88. The van der Waals surface area contributed by atoms with Crippen LogP contribution in [0.5, 0.6) is 0 Å². The summed E-state index contributed by atoms with van der Waals surface area (Å²) in [5, 5.41) is 0. The van der Waals surface area contributed by atoms with E-state index in [9.17, 15) is 0 Å². The maximum absolute atomic E-state index is 6.70. The van der Waals surface area contributed by atoms with Gasteiger partial charge in [0.15, 0.2) is 0 Å². The van der Waals surface area contributed by atoms with Crippen molar-refractivity contribution in [3.63, 3.8) is 0 Å². The second kappa shape index (κ2) is 15.7. The van der Waals surface area contributed by atoms with E-state index < -0.39 is 0 Å². The Balaban J connectivity index is 1.80. The van der Waals surface area contributed by atoms with Gasteiger partial charge in [-0.2, -0.15) is 0 Å². The second-order valence-electron chi connectivity index (χ2n) is 9.56. The molecule has 0 fully saturated rings. The minimum atomic E-state index is 0.130. The molecule has 3 aromatic carbocycles. The summed E-state index contributed by atoms with van der Waals surface area (Å²) in [6.45, 7) is 7.76. The van der Waals surface area contributed by atoms with E-state index >= 15 is 0 Å². The molecule has 3 rings (SSSR count). The van der Waals surface area contributed by atoms with Crippen molar-refractivity contribution in [1.82, 2.24) is 4.90 Å². The van der Waals surface area contributed by atoms with Crippen LogP contribution in [-0.2, 0) is 19.5 Å². The first-order chi connectivity index (χ1) is 17.7. The van der Waals surface area contributed by atoms with Crippen molar-refractivity contribution in [1.29, 1.82) is 0 Å². The molecule has 0 aliphatic carbocycles. The molecule has 0 saturated carbocycles. The zero-order chi connectivity index (χ0) is 25.4. The largest absolute Gasteiger partial charge is 0.327 e. The average Bonchev–Trinajstić information content (AvgIpc) is 2.91. The summed E-state index contributed by atoms with van der Waals surface area (Å²) in [4.78, 5) is 2.64. The van der Waals surface area contributed by atoms with E-state index in [-0.39, 0.29) is 6.04 Å². The van der Waals surface area contributed by atoms with Crippen LogP contribution in [0.4, 0.5) is 0 Å². The van der Waals surface area contributed by atoms with Crippen molar-refractivity contribution in [3.05, 3.63) is 144 Å². The molecule has 0 radical (unpaired) electrons. The Kier molecular flexibility index (Phi) is 12.0. The van der Waals surface area contributed by atoms with Gasteiger partial charge in [-0.05, 0) is 55.7 Å². The first-order valence-electron chi connectivity index (χ1n) is 13.2. The number of hydrogen-bond acceptors (Lipinski definition) is 2. The molecule has 2 heteroatoms. The maximum Gasteiger partial charge on any atom is 0.0240 e. The summed E-state index contributed by atoms with van der Waals surface area (Å²) in [7, 11) is 0. The molecule has 0 aliphatic rings. The molecule has 3 aromatic rings. The molecular formula is C34H42N2. The molecule has 2 atom stereocenters. The molecule has 2 N–H and O–H groups in total. The monoisotopic (exact) mass is 478 g/mol. The molecule has 36 heavy (non-hydrogen) atoms. The van der Waals surface area contributed by atoms with Crippen LogP contribution < -0.4 is 5.73 Å². The lowest BCUT2D eigenvalue weighted by Gasteiger charge is -2.33. The second-order valence-corrected chi connectivity index (χ2v) is 9.56. The highest BCUT2D eigenvalue weighted by Crippen LogP contribution is 2.22. The van der Waals surface area contributed by atoms with Crippen LogP contribution in [0.25, 0.3) is 0 Å². The van der Waals surface area contributed by atoms with Gasteiger partial charge in [0.1, 0.15) is 0 Å². The number of nitrogens with two attached hydrogens (primary N) is 1. The Morgan fingerprint density at radius 3 is 1.83 bits per heavy atom. The third-order valence-electron chi connectivity index (χ3n) is 6.58. The van der Waals surface area contributed by atoms with Gasteiger partial charge < -0.3 is 5.73 Å². The first kappa shape index (κ1) is 27.4. The van der Waals surface area contributed by atoms with Gasteiger partial charge in [0.25, 0.3) is 0 Å². The molecule has 0 saturated heterocycles. The van der Waals surface area contributed by atoms with Gasteiger partial charge >= 0.3 is 0 Å². The summed E-state index contributed by atoms with van der Waals surface area (Å²) in [6.07, 6.45) is 13.3. The zero-order valence-corrected chi connectivity index (χ0v) is 21.8. The van der Waals surface area contributed by atoms with Crippen LogP contribution in [-0.4, -0.2) is 17.0 Å². The Morgan fingerprint density at radius 2 is 1.33 bits per heavy atom. The quantitative estimate of drug-likeness (QED) is 0.178. The van der Waals surface area contributed by atoms with E-state index in [0.29, 0.717) is 6.04 Å². The number of rotatable bonds is 15. The highest BCUT2D eigenvalue weighted by atomic mass is 15.2. The van der Waals surface area contributed by atoms with E-state index in [2.05, 4.69) is 128 Å². The predicted molar refractivity (Wildman–Crippen MR) is 156 cm³/mol. The highest BCUT2D eigenvalue weighted by molar-refractivity contribution is 5.21. The summed E-state index contributed by atoms with van der Waals surface area (Å²) in [6, 6.07) is 33.1. The molecule has 188 valence electrons. The standard InChI is InChI=1S/C34H42N2/c1-3-5-16-29(15-4-2)25-33(35)23-24-34(26-30-17-9-6-10-18-30)36(27-31-19-11-7-12-20-31)28-32-21-13-8-14-22-32/h3-4,6-22,33-34H,1,5,23-28,35H2,2H3/b15-4-,29-16?. The number of hydrogen-bond donors (Lipinski definition) is 1. The van der Waals surface area contributed by atoms with E-state index in [1.54, 1.807) is 0 Å². The van der Waals surface area contributed by atoms with Gasteiger partial charge in [-0.25, -0.2) is 0 Å². The fraction of sp³-hybridized carbons (Fsp3) is 0.294. The SMILES string of the molecule is C=CCC=C(/C=C\C)CC(N)CCC(Cc1ccccc1)N(Cc1ccccc1)Cc1ccccc1. The summed E-state index contributed by atoms with van der Waals surface area (Å²) in [5.41, 5.74) is 12.1. The van der Waals surface area contributed by atoms with Crippen molar-refractivity contribution in [2.24, 2.45) is 5.73 Å². The number of benzene rings is 3. The van der Waals surface area contributed by atoms with Crippen molar-refractivity contribution in [3.8, 4) is 0 Å². The molecule has 0 aromatic heterocycles. The average molecular weight is 479 g/mol. The lowest BCUT2D eigenvalue weighted by molar-refractivity contribution is 0.162. The van der Waals surface area contributed by atoms with Crippen LogP contribution in [0, 0.1) is 0 Å². The maximum atomic E-state index is 6.70. The minimum Gasteiger partial charge on any atom is -0.327 e. The lowest BCUT2D eigenvalue weighted by atomic mass is 9.94. The van der Waals surface area contributed by atoms with Gasteiger partial charge in [-0.15, -0.1) is 6.58 Å². The van der Waals surface area contributed by atoms with Crippen molar-refractivity contribution in [2.45, 2.75) is 64.2 Å². The Morgan fingerprint density at radius 1 is 0.806 bits per heavy atom. The van der Waals surface area contributed by atoms with Crippen molar-refractivity contribution in [2.75, 3.05) is 0 Å². The van der Waals surface area contributed by atoms with Crippen LogP contribution in [0.2, 0.25) is 0 Å². The summed E-state index contributed by atoms with van der Waals surface area (Å²) >= 11 is 0. The Hall–Kier alpha value is -3.20. The van der Waals surface area contributed by atoms with E-state index in [1.807, 2.05) is 6.08 Å². The van der Waals surface area contributed by atoms with Crippen molar-refractivity contribution >= 4 is 0 Å². The van der Waals surface area contributed by atoms with Crippen LogP contribution in [0.15, 0.2) is 127 Å². The fourth-order valence-corrected chi connectivity index (χ4v) is 4.73. The molecule has 2 nitrogen and oxygen atoms in total. The lowest BCUT2D eigenvalue weighted by Crippen LogP contribution is -2.37. The molecular weight excluding hydrogens is 436 g/mol. The van der Waals surface area contributed by atoms with Gasteiger partial charge in [0.2, 0.25) is 0 Å². The first-order valence-corrected chi connectivity index (χ1v) is 13.2. The van der Waals surface area contributed by atoms with Crippen molar-refractivity contribution < 1.29 is 0 Å². The van der Waals surface area contributed by atoms with Gasteiger partial charge in [0.05, 0.1) is 0 Å². The molecule has 0 bridgehead atoms. The normalized spacial score (nSPS) is 13.7. The van der Waals surface area contributed by atoms with Crippen LogP contribution >= 0.6 is 0 Å². The van der Waals surface area contributed by atoms with Gasteiger partial charge in [0, 0.05) is 25.2 Å². The number of allylic oxidation sites excluding steroid dienone is 4. The van der Waals surface area contributed by atoms with E-state index in [4.69, 9.17) is 5.73 Å². The number of nitrogens with zero attached hydrogens (tertiary/aromatic N) is 1. The Bertz CT molecular complexity index is 1010. The van der Waals surface area contributed by atoms with E-state index in [0.717, 1.165) is 45.2 Å². The minimum absolute atomic E-state index is 0.130. The smallest absolute Gasteiger partial charge is 0.0240 e. The zero-order valence-electron chi connectivity index (χ0n) is 21.8. The molecule has 0 heterocycles. The Labute approximate surface area is 218 Å². The van der Waals surface area contributed by atoms with E-state index in [1.165, 1.54) is 22.3 Å². The third-order valence-corrected chi connectivity index (χ3v) is 6.58. The molecule has 0 spiro atoms. The van der Waals surface area contributed by atoms with Gasteiger partial charge in [-0.3, -0.25) is 4.90 Å². The highest BCUT2D eigenvalue weighted by Gasteiger charge is 2.21.